The second-order valence-corrected chi connectivity index (χ2v) is 6.05. The fourth-order valence-electron chi connectivity index (χ4n) is 3.54. The number of hydrogen-bond donors (Lipinski definition) is 0. The maximum absolute atomic E-state index is 6.46. The molecule has 104 valence electrons. The van der Waals surface area contributed by atoms with E-state index in [9.17, 15) is 0 Å². The largest absolute Gasteiger partial charge is 0.332 e. The highest BCUT2D eigenvalue weighted by molar-refractivity contribution is 6.33. The molecule has 0 spiro atoms. The van der Waals surface area contributed by atoms with E-state index in [-0.39, 0.29) is 0 Å². The lowest BCUT2D eigenvalue weighted by atomic mass is 9.85. The first-order chi connectivity index (χ1) is 10.3. The number of halogens is 1. The Bertz CT molecular complexity index is 760. The summed E-state index contributed by atoms with van der Waals surface area (Å²) in [5.74, 6) is 0.419. The highest BCUT2D eigenvalue weighted by atomic mass is 35.5. The van der Waals surface area contributed by atoms with E-state index in [4.69, 9.17) is 11.6 Å². The van der Waals surface area contributed by atoms with Crippen LogP contribution in [-0.2, 0) is 0 Å². The normalized spacial score (nSPS) is 22.8. The third-order valence-corrected chi connectivity index (χ3v) is 4.76. The molecule has 1 nitrogen and oxygen atoms in total. The van der Waals surface area contributed by atoms with E-state index < -0.39 is 0 Å². The van der Waals surface area contributed by atoms with Gasteiger partial charge in [-0.3, -0.25) is 0 Å². The Kier molecular flexibility index (Phi) is 2.90. The first-order valence-corrected chi connectivity index (χ1v) is 7.63. The zero-order valence-electron chi connectivity index (χ0n) is 11.8. The van der Waals surface area contributed by atoms with Crippen LogP contribution in [0.4, 0.5) is 11.4 Å². The van der Waals surface area contributed by atoms with Crippen molar-refractivity contribution in [1.82, 2.24) is 0 Å². The summed E-state index contributed by atoms with van der Waals surface area (Å²) in [6.07, 6.45) is 6.65. The van der Waals surface area contributed by atoms with E-state index in [1.807, 2.05) is 18.2 Å². The van der Waals surface area contributed by atoms with Crippen LogP contribution in [0.1, 0.15) is 18.4 Å². The summed E-state index contributed by atoms with van der Waals surface area (Å²) in [7, 11) is 0. The minimum Gasteiger partial charge on any atom is -0.332 e. The minimum atomic E-state index is 0.312. The quantitative estimate of drug-likeness (QED) is 0.675. The maximum Gasteiger partial charge on any atom is 0.0643 e. The lowest BCUT2D eigenvalue weighted by Crippen LogP contribution is -2.30. The summed E-state index contributed by atoms with van der Waals surface area (Å²) in [4.78, 5) is 2.37. The summed E-state index contributed by atoms with van der Waals surface area (Å²) in [6.45, 7) is 2.22. The summed E-state index contributed by atoms with van der Waals surface area (Å²) >= 11 is 6.46. The number of allylic oxidation sites excluding steroid dienone is 2. The molecule has 21 heavy (non-hydrogen) atoms. The molecule has 2 aromatic rings. The summed E-state index contributed by atoms with van der Waals surface area (Å²) in [6, 6.07) is 17.1. The number of anilines is 2. The Labute approximate surface area is 130 Å². The van der Waals surface area contributed by atoms with Crippen LogP contribution in [0.15, 0.2) is 72.3 Å². The average Bonchev–Trinajstić information content (AvgIpc) is 2.83. The van der Waals surface area contributed by atoms with E-state index >= 15 is 0 Å². The number of para-hydroxylation sites is 2. The van der Waals surface area contributed by atoms with E-state index in [2.05, 4.69) is 60.4 Å². The first-order valence-electron chi connectivity index (χ1n) is 7.25. The highest BCUT2D eigenvalue weighted by Crippen LogP contribution is 2.50. The van der Waals surface area contributed by atoms with Gasteiger partial charge in [-0.15, -0.1) is 0 Å². The van der Waals surface area contributed by atoms with Crippen LogP contribution in [0.5, 0.6) is 0 Å². The maximum atomic E-state index is 6.46. The number of benzene rings is 2. The lowest BCUT2D eigenvalue weighted by molar-refractivity contribution is 0.710. The number of fused-ring (bicyclic) bond motifs is 3. The summed E-state index contributed by atoms with van der Waals surface area (Å²) in [5.41, 5.74) is 5.14. The zero-order valence-corrected chi connectivity index (χ0v) is 12.6. The zero-order chi connectivity index (χ0) is 14.4. The van der Waals surface area contributed by atoms with Gasteiger partial charge in [-0.05, 0) is 30.7 Å². The molecule has 2 atom stereocenters. The highest BCUT2D eigenvalue weighted by Gasteiger charge is 2.39. The number of rotatable bonds is 1. The monoisotopic (exact) mass is 293 g/mol. The molecule has 0 saturated carbocycles. The standard InChI is InChI=1S/C19H16ClN/c1-13-7-6-12-18-19(13)14-8-2-4-10-16(14)21(18)17-11-5-3-9-15(17)20/h2-12,18-19H,1H3. The van der Waals surface area contributed by atoms with Gasteiger partial charge in [-0.25, -0.2) is 0 Å². The molecule has 0 bridgehead atoms. The fraction of sp³-hybridized carbons (Fsp3) is 0.158. The van der Waals surface area contributed by atoms with Gasteiger partial charge in [0.25, 0.3) is 0 Å². The summed E-state index contributed by atoms with van der Waals surface area (Å²) < 4.78 is 0. The second-order valence-electron chi connectivity index (χ2n) is 5.64. The van der Waals surface area contributed by atoms with Gasteiger partial charge in [0.05, 0.1) is 16.8 Å². The Morgan fingerprint density at radius 2 is 1.67 bits per heavy atom. The smallest absolute Gasteiger partial charge is 0.0643 e. The number of nitrogens with zero attached hydrogens (tertiary/aromatic N) is 1. The van der Waals surface area contributed by atoms with E-state index in [0.717, 1.165) is 10.7 Å². The molecule has 2 aliphatic rings. The Morgan fingerprint density at radius 3 is 2.48 bits per heavy atom. The van der Waals surface area contributed by atoms with Crippen molar-refractivity contribution < 1.29 is 0 Å². The van der Waals surface area contributed by atoms with Crippen LogP contribution in [0, 0.1) is 0 Å². The van der Waals surface area contributed by atoms with Crippen molar-refractivity contribution in [3.63, 3.8) is 0 Å². The van der Waals surface area contributed by atoms with Crippen molar-refractivity contribution in [2.75, 3.05) is 4.90 Å². The van der Waals surface area contributed by atoms with Crippen molar-refractivity contribution in [3.05, 3.63) is 82.9 Å². The van der Waals surface area contributed by atoms with Gasteiger partial charge in [-0.2, -0.15) is 0 Å². The molecule has 1 heterocycles. The van der Waals surface area contributed by atoms with Crippen molar-refractivity contribution >= 4 is 23.0 Å². The van der Waals surface area contributed by atoms with Gasteiger partial charge in [0.2, 0.25) is 0 Å². The molecule has 0 fully saturated rings. The Hall–Kier alpha value is -1.99. The molecule has 4 rings (SSSR count). The van der Waals surface area contributed by atoms with Crippen molar-refractivity contribution in [2.24, 2.45) is 0 Å². The van der Waals surface area contributed by atoms with E-state index in [1.165, 1.54) is 16.8 Å². The molecular weight excluding hydrogens is 278 g/mol. The topological polar surface area (TPSA) is 3.24 Å². The number of hydrogen-bond acceptors (Lipinski definition) is 1. The Morgan fingerprint density at radius 1 is 0.952 bits per heavy atom. The van der Waals surface area contributed by atoms with Crippen LogP contribution < -0.4 is 4.90 Å². The molecule has 0 aromatic heterocycles. The molecule has 1 aliphatic carbocycles. The molecule has 0 amide bonds. The predicted octanol–water partition coefficient (Wildman–Crippen LogP) is 5.46. The average molecular weight is 294 g/mol. The van der Waals surface area contributed by atoms with Crippen LogP contribution in [0.25, 0.3) is 0 Å². The molecule has 0 N–H and O–H groups in total. The van der Waals surface area contributed by atoms with Crippen molar-refractivity contribution in [2.45, 2.75) is 18.9 Å². The van der Waals surface area contributed by atoms with Gasteiger partial charge in [0.15, 0.2) is 0 Å². The van der Waals surface area contributed by atoms with Crippen LogP contribution in [-0.4, -0.2) is 6.04 Å². The third-order valence-electron chi connectivity index (χ3n) is 4.44. The van der Waals surface area contributed by atoms with Gasteiger partial charge in [0.1, 0.15) is 0 Å². The molecule has 0 radical (unpaired) electrons. The SMILES string of the molecule is CC1=CC=CC2C1c1ccccc1N2c1ccccc1Cl. The van der Waals surface area contributed by atoms with Crippen molar-refractivity contribution in [1.29, 1.82) is 0 Å². The Balaban J connectivity index is 1.94. The van der Waals surface area contributed by atoms with Gasteiger partial charge in [-0.1, -0.05) is 65.7 Å². The molecular formula is C19H16ClN. The minimum absolute atomic E-state index is 0.312. The van der Waals surface area contributed by atoms with Crippen LogP contribution in [0.2, 0.25) is 5.02 Å². The van der Waals surface area contributed by atoms with E-state index in [0.29, 0.717) is 12.0 Å². The molecule has 0 saturated heterocycles. The molecule has 2 unspecified atom stereocenters. The van der Waals surface area contributed by atoms with Crippen molar-refractivity contribution in [3.8, 4) is 0 Å². The van der Waals surface area contributed by atoms with Gasteiger partial charge < -0.3 is 4.90 Å². The van der Waals surface area contributed by atoms with E-state index in [1.54, 1.807) is 0 Å². The van der Waals surface area contributed by atoms with Crippen LogP contribution >= 0.6 is 11.6 Å². The molecule has 1 aliphatic heterocycles. The molecule has 2 heteroatoms. The summed E-state index contributed by atoms with van der Waals surface area (Å²) in [5, 5.41) is 0.800. The predicted molar refractivity (Wildman–Crippen MR) is 89.5 cm³/mol. The second kappa shape index (κ2) is 4.78. The van der Waals surface area contributed by atoms with Crippen LogP contribution in [0.3, 0.4) is 0 Å². The lowest BCUT2D eigenvalue weighted by Gasteiger charge is -2.30. The third kappa shape index (κ3) is 1.85. The van der Waals surface area contributed by atoms with Gasteiger partial charge in [0, 0.05) is 11.6 Å². The fourth-order valence-corrected chi connectivity index (χ4v) is 3.76. The first kappa shape index (κ1) is 12.7. The van der Waals surface area contributed by atoms with Gasteiger partial charge >= 0.3 is 0 Å². The molecule has 2 aromatic carbocycles.